The van der Waals surface area contributed by atoms with Crippen LogP contribution in [0.4, 0.5) is 14.5 Å². The van der Waals surface area contributed by atoms with Gasteiger partial charge in [-0.3, -0.25) is 4.79 Å². The lowest BCUT2D eigenvalue weighted by atomic mass is 10.2. The van der Waals surface area contributed by atoms with Crippen LogP contribution < -0.4 is 5.32 Å². The number of halogens is 2. The topological polar surface area (TPSA) is 79.2 Å². The summed E-state index contributed by atoms with van der Waals surface area (Å²) >= 11 is 1.23. The van der Waals surface area contributed by atoms with Gasteiger partial charge in [0.1, 0.15) is 17.7 Å². The molecule has 1 N–H and O–H groups in total. The van der Waals surface area contributed by atoms with Crippen LogP contribution in [0.1, 0.15) is 22.8 Å². The molecule has 1 amide bonds. The number of hydrogen-bond acceptors (Lipinski definition) is 5. The van der Waals surface area contributed by atoms with Crippen molar-refractivity contribution in [3.05, 3.63) is 89.5 Å². The summed E-state index contributed by atoms with van der Waals surface area (Å²) < 4.78 is 32.0. The lowest BCUT2D eigenvalue weighted by Crippen LogP contribution is -2.30. The van der Waals surface area contributed by atoms with Crippen LogP contribution in [0.2, 0.25) is 0 Å². The molecule has 5 nitrogen and oxygen atoms in total. The first-order valence-electron chi connectivity index (χ1n) is 9.12. The van der Waals surface area contributed by atoms with E-state index in [0.717, 1.165) is 12.1 Å². The summed E-state index contributed by atoms with van der Waals surface area (Å²) in [6, 6.07) is 18.4. The normalized spacial score (nSPS) is 11.3. The minimum atomic E-state index is -1.23. The van der Waals surface area contributed by atoms with Crippen LogP contribution in [-0.4, -0.2) is 18.0 Å². The number of nitrogens with one attached hydrogen (secondary N) is 1. The maximum Gasteiger partial charge on any atom is 0.340 e. The molecule has 0 fully saturated rings. The van der Waals surface area contributed by atoms with E-state index in [9.17, 15) is 23.6 Å². The number of rotatable bonds is 6. The standard InChI is InChI=1S/C23H16F2N2O3S/c1-14(22(28)27-19-11-10-16(24)12-18(19)25)30-23(29)17-7-3-5-9-21(17)31-20-8-4-2-6-15(20)13-26/h2-12,14H,1H3,(H,27,28). The van der Waals surface area contributed by atoms with Crippen molar-refractivity contribution < 1.29 is 23.1 Å². The Labute approximate surface area is 181 Å². The molecule has 8 heteroatoms. The van der Waals surface area contributed by atoms with Crippen molar-refractivity contribution in [3.8, 4) is 6.07 Å². The molecule has 156 valence electrons. The maximum atomic E-state index is 13.7. The van der Waals surface area contributed by atoms with Crippen LogP contribution in [-0.2, 0) is 9.53 Å². The summed E-state index contributed by atoms with van der Waals surface area (Å²) in [7, 11) is 0. The molecule has 0 saturated heterocycles. The molecule has 3 aromatic rings. The van der Waals surface area contributed by atoms with Gasteiger partial charge in [0.05, 0.1) is 16.8 Å². The maximum absolute atomic E-state index is 13.7. The summed E-state index contributed by atoms with van der Waals surface area (Å²) in [4.78, 5) is 26.2. The van der Waals surface area contributed by atoms with E-state index in [0.29, 0.717) is 21.4 Å². The van der Waals surface area contributed by atoms with Crippen LogP contribution in [0.5, 0.6) is 0 Å². The Morgan fingerprint density at radius 1 is 1.03 bits per heavy atom. The highest BCUT2D eigenvalue weighted by atomic mass is 32.2. The van der Waals surface area contributed by atoms with Gasteiger partial charge in [0.25, 0.3) is 5.91 Å². The zero-order valence-electron chi connectivity index (χ0n) is 16.3. The van der Waals surface area contributed by atoms with Crippen molar-refractivity contribution in [1.29, 1.82) is 5.26 Å². The van der Waals surface area contributed by atoms with E-state index in [1.54, 1.807) is 48.5 Å². The van der Waals surface area contributed by atoms with Crippen molar-refractivity contribution in [3.63, 3.8) is 0 Å². The summed E-state index contributed by atoms with van der Waals surface area (Å²) in [6.07, 6.45) is -1.23. The Balaban J connectivity index is 1.73. The van der Waals surface area contributed by atoms with Gasteiger partial charge >= 0.3 is 5.97 Å². The molecule has 1 atom stereocenters. The van der Waals surface area contributed by atoms with Gasteiger partial charge in [-0.1, -0.05) is 36.0 Å². The third kappa shape index (κ3) is 5.47. The number of benzene rings is 3. The summed E-state index contributed by atoms with van der Waals surface area (Å²) in [5, 5.41) is 11.5. The van der Waals surface area contributed by atoms with E-state index < -0.39 is 29.6 Å². The molecule has 31 heavy (non-hydrogen) atoms. The summed E-state index contributed by atoms with van der Waals surface area (Å²) in [6.45, 7) is 1.34. The Bertz CT molecular complexity index is 1180. The minimum absolute atomic E-state index is 0.216. The Kier molecular flexibility index (Phi) is 7.00. The van der Waals surface area contributed by atoms with E-state index in [2.05, 4.69) is 11.4 Å². The molecule has 0 spiro atoms. The number of carbonyl (C=O) groups is 2. The fraction of sp³-hybridized carbons (Fsp3) is 0.0870. The van der Waals surface area contributed by atoms with E-state index >= 15 is 0 Å². The van der Waals surface area contributed by atoms with Gasteiger partial charge in [0.2, 0.25) is 0 Å². The smallest absolute Gasteiger partial charge is 0.340 e. The van der Waals surface area contributed by atoms with Crippen LogP contribution in [0.3, 0.4) is 0 Å². The molecular weight excluding hydrogens is 422 g/mol. The molecule has 3 rings (SSSR count). The molecular formula is C23H16F2N2O3S. The van der Waals surface area contributed by atoms with Crippen LogP contribution in [0.15, 0.2) is 76.5 Å². The van der Waals surface area contributed by atoms with Crippen LogP contribution in [0, 0.1) is 23.0 Å². The zero-order valence-corrected chi connectivity index (χ0v) is 17.1. The first kappa shape index (κ1) is 22.0. The van der Waals surface area contributed by atoms with Crippen molar-refractivity contribution in [2.24, 2.45) is 0 Å². The molecule has 0 aliphatic rings. The van der Waals surface area contributed by atoms with Crippen molar-refractivity contribution in [2.45, 2.75) is 22.8 Å². The molecule has 0 aromatic heterocycles. The van der Waals surface area contributed by atoms with Crippen molar-refractivity contribution in [1.82, 2.24) is 0 Å². The Morgan fingerprint density at radius 2 is 1.71 bits per heavy atom. The van der Waals surface area contributed by atoms with E-state index in [1.165, 1.54) is 18.7 Å². The van der Waals surface area contributed by atoms with Crippen molar-refractivity contribution >= 4 is 29.3 Å². The number of carbonyl (C=O) groups excluding carboxylic acids is 2. The molecule has 0 aliphatic heterocycles. The van der Waals surface area contributed by atoms with Gasteiger partial charge in [-0.25, -0.2) is 13.6 Å². The second kappa shape index (κ2) is 9.87. The van der Waals surface area contributed by atoms with E-state index in [4.69, 9.17) is 4.74 Å². The quantitative estimate of drug-likeness (QED) is 0.537. The van der Waals surface area contributed by atoms with Gasteiger partial charge in [-0.2, -0.15) is 5.26 Å². The monoisotopic (exact) mass is 438 g/mol. The molecule has 1 unspecified atom stereocenters. The average Bonchev–Trinajstić information content (AvgIpc) is 2.76. The molecule has 0 bridgehead atoms. The fourth-order valence-electron chi connectivity index (χ4n) is 2.59. The second-order valence-electron chi connectivity index (χ2n) is 6.37. The molecule has 3 aromatic carbocycles. The van der Waals surface area contributed by atoms with Crippen molar-refractivity contribution in [2.75, 3.05) is 5.32 Å². The largest absolute Gasteiger partial charge is 0.449 e. The highest BCUT2D eigenvalue weighted by Gasteiger charge is 2.22. The Hall–Kier alpha value is -3.70. The molecule has 0 heterocycles. The lowest BCUT2D eigenvalue weighted by molar-refractivity contribution is -0.123. The summed E-state index contributed by atoms with van der Waals surface area (Å²) in [5.41, 5.74) is 0.455. The molecule has 0 saturated carbocycles. The number of hydrogen-bond donors (Lipinski definition) is 1. The predicted molar refractivity (Wildman–Crippen MR) is 112 cm³/mol. The number of esters is 1. The third-order valence-corrected chi connectivity index (χ3v) is 5.33. The van der Waals surface area contributed by atoms with E-state index in [1.807, 2.05) is 0 Å². The lowest BCUT2D eigenvalue weighted by Gasteiger charge is -2.15. The molecule has 0 aliphatic carbocycles. The van der Waals surface area contributed by atoms with Gasteiger partial charge in [-0.15, -0.1) is 0 Å². The van der Waals surface area contributed by atoms with Gasteiger partial charge < -0.3 is 10.1 Å². The number of nitriles is 1. The average molecular weight is 438 g/mol. The number of anilines is 1. The van der Waals surface area contributed by atoms with Gasteiger partial charge in [-0.05, 0) is 43.3 Å². The minimum Gasteiger partial charge on any atom is -0.449 e. The first-order chi connectivity index (χ1) is 14.9. The summed E-state index contributed by atoms with van der Waals surface area (Å²) in [5.74, 6) is -3.23. The number of ether oxygens (including phenoxy) is 1. The number of nitrogens with zero attached hydrogens (tertiary/aromatic N) is 1. The van der Waals surface area contributed by atoms with Gasteiger partial charge in [0.15, 0.2) is 6.10 Å². The Morgan fingerprint density at radius 3 is 2.42 bits per heavy atom. The van der Waals surface area contributed by atoms with Gasteiger partial charge in [0, 0.05) is 15.9 Å². The number of amides is 1. The second-order valence-corrected chi connectivity index (χ2v) is 7.45. The first-order valence-corrected chi connectivity index (χ1v) is 9.93. The SMILES string of the molecule is CC(OC(=O)c1ccccc1Sc1ccccc1C#N)C(=O)Nc1ccc(F)cc1F. The van der Waals surface area contributed by atoms with E-state index in [-0.39, 0.29) is 11.3 Å². The predicted octanol–water partition coefficient (Wildman–Crippen LogP) is 5.17. The zero-order chi connectivity index (χ0) is 22.4. The third-order valence-electron chi connectivity index (χ3n) is 4.18. The van der Waals surface area contributed by atoms with Crippen LogP contribution in [0.25, 0.3) is 0 Å². The molecule has 0 radical (unpaired) electrons. The fourth-order valence-corrected chi connectivity index (χ4v) is 3.61. The van der Waals surface area contributed by atoms with Crippen LogP contribution >= 0.6 is 11.8 Å². The highest BCUT2D eigenvalue weighted by Crippen LogP contribution is 2.33. The highest BCUT2D eigenvalue weighted by molar-refractivity contribution is 7.99.